The van der Waals surface area contributed by atoms with Crippen LogP contribution in [0.25, 0.3) is 0 Å². The van der Waals surface area contributed by atoms with Crippen LogP contribution in [0.4, 0.5) is 0 Å². The number of ether oxygens (including phenoxy) is 1. The zero-order valence-electron chi connectivity index (χ0n) is 8.90. The summed E-state index contributed by atoms with van der Waals surface area (Å²) in [5.74, 6) is 0.424. The zero-order valence-corrected chi connectivity index (χ0v) is 9.66. The molecule has 2 atom stereocenters. The normalized spacial score (nSPS) is 24.9. The Bertz CT molecular complexity index is 494. The molecule has 0 bridgehead atoms. The number of alkyl halides is 1. The van der Waals surface area contributed by atoms with Crippen LogP contribution < -0.4 is 11.2 Å². The van der Waals surface area contributed by atoms with Gasteiger partial charge in [-0.3, -0.25) is 14.3 Å². The molecule has 1 aromatic heterocycles. The summed E-state index contributed by atoms with van der Waals surface area (Å²) in [6, 6.07) is 0. The molecule has 5 nitrogen and oxygen atoms in total. The Morgan fingerprint density at radius 3 is 2.94 bits per heavy atom. The summed E-state index contributed by atoms with van der Waals surface area (Å²) in [4.78, 5) is 25.0. The van der Waals surface area contributed by atoms with Crippen molar-refractivity contribution >= 4 is 11.6 Å². The summed E-state index contributed by atoms with van der Waals surface area (Å²) in [7, 11) is 0. The van der Waals surface area contributed by atoms with Crippen molar-refractivity contribution in [2.75, 3.05) is 5.88 Å². The van der Waals surface area contributed by atoms with E-state index in [1.165, 1.54) is 10.8 Å². The molecule has 0 aromatic carbocycles. The number of halogens is 1. The number of nitrogens with one attached hydrogen (secondary N) is 1. The van der Waals surface area contributed by atoms with Crippen LogP contribution >= 0.6 is 11.6 Å². The number of aryl methyl sites for hydroxylation is 1. The quantitative estimate of drug-likeness (QED) is 0.782. The van der Waals surface area contributed by atoms with Crippen molar-refractivity contribution in [3.63, 3.8) is 0 Å². The van der Waals surface area contributed by atoms with Gasteiger partial charge in [-0.1, -0.05) is 0 Å². The fourth-order valence-electron chi connectivity index (χ4n) is 1.80. The third-order valence-corrected chi connectivity index (χ3v) is 3.06. The molecule has 2 heterocycles. The summed E-state index contributed by atoms with van der Waals surface area (Å²) in [5, 5.41) is 0. The standard InChI is InChI=1S/C10H13ClN2O3/c1-6-5-13(10(15)12-9(6)14)8-3-2-7(4-11)16-8/h5,7-8H,2-4H2,1H3,(H,12,14,15)/t7-,8+/m0/s1. The van der Waals surface area contributed by atoms with Crippen molar-refractivity contribution in [3.05, 3.63) is 32.6 Å². The first-order valence-corrected chi connectivity index (χ1v) is 5.68. The highest BCUT2D eigenvalue weighted by molar-refractivity contribution is 6.18. The van der Waals surface area contributed by atoms with E-state index in [1.807, 2.05) is 0 Å². The Hall–Kier alpha value is -1.07. The lowest BCUT2D eigenvalue weighted by atomic mass is 10.2. The molecule has 1 aliphatic heterocycles. The van der Waals surface area contributed by atoms with Crippen LogP contribution in [-0.4, -0.2) is 21.5 Å². The van der Waals surface area contributed by atoms with E-state index >= 15 is 0 Å². The van der Waals surface area contributed by atoms with Crippen LogP contribution in [-0.2, 0) is 4.74 Å². The Morgan fingerprint density at radius 1 is 1.56 bits per heavy atom. The molecule has 0 spiro atoms. The minimum absolute atomic E-state index is 0.00852. The SMILES string of the molecule is Cc1cn([C@H]2CC[C@@H](CCl)O2)c(=O)[nH]c1=O. The monoisotopic (exact) mass is 244 g/mol. The van der Waals surface area contributed by atoms with Gasteiger partial charge in [-0.05, 0) is 19.8 Å². The Morgan fingerprint density at radius 2 is 2.31 bits per heavy atom. The molecule has 0 unspecified atom stereocenters. The van der Waals surface area contributed by atoms with E-state index in [9.17, 15) is 9.59 Å². The van der Waals surface area contributed by atoms with Gasteiger partial charge in [0.2, 0.25) is 0 Å². The van der Waals surface area contributed by atoms with Crippen molar-refractivity contribution in [2.45, 2.75) is 32.1 Å². The number of hydrogen-bond acceptors (Lipinski definition) is 3. The lowest BCUT2D eigenvalue weighted by molar-refractivity contribution is 0.00932. The molecule has 16 heavy (non-hydrogen) atoms. The topological polar surface area (TPSA) is 64.1 Å². The van der Waals surface area contributed by atoms with Gasteiger partial charge in [0, 0.05) is 17.6 Å². The Balaban J connectivity index is 2.32. The van der Waals surface area contributed by atoms with Gasteiger partial charge in [0.15, 0.2) is 0 Å². The van der Waals surface area contributed by atoms with E-state index in [-0.39, 0.29) is 17.9 Å². The predicted molar refractivity (Wildman–Crippen MR) is 59.9 cm³/mol. The number of nitrogens with zero attached hydrogens (tertiary/aromatic N) is 1. The van der Waals surface area contributed by atoms with Crippen LogP contribution in [0.2, 0.25) is 0 Å². The average Bonchev–Trinajstić information content (AvgIpc) is 2.71. The van der Waals surface area contributed by atoms with Crippen LogP contribution in [0.5, 0.6) is 0 Å². The highest BCUT2D eigenvalue weighted by atomic mass is 35.5. The highest BCUT2D eigenvalue weighted by Gasteiger charge is 2.26. The summed E-state index contributed by atoms with van der Waals surface area (Å²) in [6.45, 7) is 1.66. The van der Waals surface area contributed by atoms with Crippen LogP contribution in [0.15, 0.2) is 15.8 Å². The maximum absolute atomic E-state index is 11.6. The summed E-state index contributed by atoms with van der Waals surface area (Å²) >= 11 is 5.69. The van der Waals surface area contributed by atoms with E-state index in [2.05, 4.69) is 4.98 Å². The molecule has 1 N–H and O–H groups in total. The van der Waals surface area contributed by atoms with Crippen molar-refractivity contribution in [1.29, 1.82) is 0 Å². The van der Waals surface area contributed by atoms with Gasteiger partial charge in [-0.25, -0.2) is 4.79 Å². The van der Waals surface area contributed by atoms with Crippen LogP contribution in [0.3, 0.4) is 0 Å². The van der Waals surface area contributed by atoms with Crippen molar-refractivity contribution in [1.82, 2.24) is 9.55 Å². The summed E-state index contributed by atoms with van der Waals surface area (Å²) in [5.41, 5.74) is -0.290. The van der Waals surface area contributed by atoms with Crippen molar-refractivity contribution in [2.24, 2.45) is 0 Å². The highest BCUT2D eigenvalue weighted by Crippen LogP contribution is 2.27. The van der Waals surface area contributed by atoms with Crippen molar-refractivity contribution in [3.8, 4) is 0 Å². The average molecular weight is 245 g/mol. The number of hydrogen-bond donors (Lipinski definition) is 1. The number of aromatic nitrogens is 2. The molecule has 0 aliphatic carbocycles. The first-order valence-electron chi connectivity index (χ1n) is 5.15. The molecule has 1 aliphatic rings. The molecule has 2 rings (SSSR count). The van der Waals surface area contributed by atoms with Gasteiger partial charge in [0.25, 0.3) is 5.56 Å². The number of rotatable bonds is 2. The van der Waals surface area contributed by atoms with Crippen LogP contribution in [0, 0.1) is 6.92 Å². The molecule has 1 aromatic rings. The molecule has 88 valence electrons. The molecule has 0 radical (unpaired) electrons. The van der Waals surface area contributed by atoms with E-state index in [0.29, 0.717) is 11.4 Å². The predicted octanol–water partition coefficient (Wildman–Crippen LogP) is 0.761. The fraction of sp³-hybridized carbons (Fsp3) is 0.600. The number of H-pyrrole nitrogens is 1. The largest absolute Gasteiger partial charge is 0.353 e. The van der Waals surface area contributed by atoms with Gasteiger partial charge < -0.3 is 4.74 Å². The fourth-order valence-corrected chi connectivity index (χ4v) is 2.03. The van der Waals surface area contributed by atoms with Gasteiger partial charge in [-0.2, -0.15) is 0 Å². The van der Waals surface area contributed by atoms with E-state index in [1.54, 1.807) is 6.92 Å². The van der Waals surface area contributed by atoms with Crippen LogP contribution in [0.1, 0.15) is 24.6 Å². The van der Waals surface area contributed by atoms with Crippen molar-refractivity contribution < 1.29 is 4.74 Å². The molecule has 0 saturated carbocycles. The maximum Gasteiger partial charge on any atom is 0.330 e. The molecule has 6 heteroatoms. The second-order valence-corrected chi connectivity index (χ2v) is 4.23. The van der Waals surface area contributed by atoms with Gasteiger partial charge in [0.1, 0.15) is 6.23 Å². The van der Waals surface area contributed by atoms with E-state index in [4.69, 9.17) is 16.3 Å². The smallest absolute Gasteiger partial charge is 0.330 e. The minimum atomic E-state index is -0.434. The molecular weight excluding hydrogens is 232 g/mol. The molecular formula is C10H13ClN2O3. The summed E-state index contributed by atoms with van der Waals surface area (Å²) in [6.07, 6.45) is 2.78. The first-order chi connectivity index (χ1) is 7.61. The molecule has 1 saturated heterocycles. The maximum atomic E-state index is 11.6. The lowest BCUT2D eigenvalue weighted by Gasteiger charge is -2.14. The van der Waals surface area contributed by atoms with Gasteiger partial charge in [0.05, 0.1) is 6.10 Å². The summed E-state index contributed by atoms with van der Waals surface area (Å²) < 4.78 is 7.00. The van der Waals surface area contributed by atoms with E-state index in [0.717, 1.165) is 12.8 Å². The second kappa shape index (κ2) is 4.43. The minimum Gasteiger partial charge on any atom is -0.353 e. The Kier molecular flexibility index (Phi) is 3.16. The molecule has 0 amide bonds. The third kappa shape index (κ3) is 2.05. The van der Waals surface area contributed by atoms with E-state index < -0.39 is 5.69 Å². The zero-order chi connectivity index (χ0) is 11.7. The second-order valence-electron chi connectivity index (χ2n) is 3.92. The first kappa shape index (κ1) is 11.4. The van der Waals surface area contributed by atoms with Gasteiger partial charge in [-0.15, -0.1) is 11.6 Å². The Labute approximate surface area is 97.0 Å². The lowest BCUT2D eigenvalue weighted by Crippen LogP contribution is -2.33. The third-order valence-electron chi connectivity index (χ3n) is 2.71. The number of aromatic amines is 1. The molecule has 1 fully saturated rings. The van der Waals surface area contributed by atoms with Gasteiger partial charge >= 0.3 is 5.69 Å².